The summed E-state index contributed by atoms with van der Waals surface area (Å²) in [6.45, 7) is 1.74. The average Bonchev–Trinajstić information content (AvgIpc) is 2.39. The van der Waals surface area contributed by atoms with Crippen LogP contribution in [0.25, 0.3) is 0 Å². The Labute approximate surface area is 106 Å². The summed E-state index contributed by atoms with van der Waals surface area (Å²) in [7, 11) is 0. The van der Waals surface area contributed by atoms with Gasteiger partial charge in [-0.15, -0.1) is 0 Å². The minimum absolute atomic E-state index is 0.162. The van der Waals surface area contributed by atoms with Crippen LogP contribution in [0.15, 0.2) is 18.2 Å². The van der Waals surface area contributed by atoms with E-state index in [4.69, 9.17) is 10.8 Å². The van der Waals surface area contributed by atoms with E-state index in [1.165, 1.54) is 6.07 Å². The maximum atomic E-state index is 11.0. The van der Waals surface area contributed by atoms with Gasteiger partial charge in [0, 0.05) is 19.7 Å². The monoisotopic (exact) mass is 250 g/mol. The lowest BCUT2D eigenvalue weighted by atomic mass is 9.98. The van der Waals surface area contributed by atoms with E-state index >= 15 is 0 Å². The molecule has 2 rings (SSSR count). The first-order valence-electron chi connectivity index (χ1n) is 6.10. The van der Waals surface area contributed by atoms with Gasteiger partial charge >= 0.3 is 5.97 Å². The van der Waals surface area contributed by atoms with Crippen LogP contribution in [-0.2, 0) is 0 Å². The minimum Gasteiger partial charge on any atom is -0.478 e. The van der Waals surface area contributed by atoms with Crippen molar-refractivity contribution >= 4 is 17.3 Å². The lowest BCUT2D eigenvalue weighted by Gasteiger charge is -2.34. The molecule has 0 spiro atoms. The van der Waals surface area contributed by atoms with E-state index in [2.05, 4.69) is 4.90 Å². The summed E-state index contributed by atoms with van der Waals surface area (Å²) in [5.41, 5.74) is 7.49. The number of carbonyl (C=O) groups is 1. The summed E-state index contributed by atoms with van der Waals surface area (Å²) in [6.07, 6.45) is 1.99. The second-order valence-electron chi connectivity index (χ2n) is 4.72. The van der Waals surface area contributed by atoms with Crippen LogP contribution in [0.5, 0.6) is 0 Å². The first-order chi connectivity index (χ1) is 8.61. The molecule has 0 aromatic heterocycles. The minimum atomic E-state index is -0.952. The number of hydrogen-bond acceptors (Lipinski definition) is 4. The highest BCUT2D eigenvalue weighted by molar-refractivity contribution is 5.90. The molecule has 1 unspecified atom stereocenters. The van der Waals surface area contributed by atoms with Crippen molar-refractivity contribution in [2.45, 2.75) is 12.8 Å². The smallest absolute Gasteiger partial charge is 0.335 e. The van der Waals surface area contributed by atoms with Gasteiger partial charge in [0.2, 0.25) is 0 Å². The number of benzene rings is 1. The Kier molecular flexibility index (Phi) is 3.72. The third kappa shape index (κ3) is 2.56. The van der Waals surface area contributed by atoms with E-state index in [-0.39, 0.29) is 18.1 Å². The van der Waals surface area contributed by atoms with Crippen molar-refractivity contribution in [2.24, 2.45) is 5.92 Å². The lowest BCUT2D eigenvalue weighted by molar-refractivity contribution is 0.0697. The number of rotatable bonds is 3. The van der Waals surface area contributed by atoms with E-state index in [9.17, 15) is 9.90 Å². The number of anilines is 2. The first-order valence-corrected chi connectivity index (χ1v) is 6.10. The summed E-state index contributed by atoms with van der Waals surface area (Å²) < 4.78 is 0. The summed E-state index contributed by atoms with van der Waals surface area (Å²) in [4.78, 5) is 13.0. The topological polar surface area (TPSA) is 86.8 Å². The Balaban J connectivity index is 2.26. The van der Waals surface area contributed by atoms with E-state index < -0.39 is 5.97 Å². The molecule has 1 aromatic carbocycles. The molecule has 18 heavy (non-hydrogen) atoms. The van der Waals surface area contributed by atoms with Gasteiger partial charge in [-0.05, 0) is 37.0 Å². The largest absolute Gasteiger partial charge is 0.478 e. The van der Waals surface area contributed by atoms with Crippen LogP contribution in [-0.4, -0.2) is 35.9 Å². The fraction of sp³-hybridized carbons (Fsp3) is 0.462. The maximum absolute atomic E-state index is 11.0. The molecule has 1 aliphatic rings. The summed E-state index contributed by atoms with van der Waals surface area (Å²) in [5.74, 6) is -0.710. The van der Waals surface area contributed by atoms with Gasteiger partial charge in [0.05, 0.1) is 16.9 Å². The molecule has 4 N–H and O–H groups in total. The Morgan fingerprint density at radius 2 is 2.28 bits per heavy atom. The number of nitrogens with zero attached hydrogens (tertiary/aromatic N) is 1. The zero-order valence-electron chi connectivity index (χ0n) is 10.2. The molecule has 1 heterocycles. The molecule has 0 aliphatic carbocycles. The van der Waals surface area contributed by atoms with Crippen molar-refractivity contribution in [3.63, 3.8) is 0 Å². The first kappa shape index (κ1) is 12.7. The summed E-state index contributed by atoms with van der Waals surface area (Å²) in [6, 6.07) is 4.74. The molecule has 1 fully saturated rings. The third-order valence-corrected chi connectivity index (χ3v) is 3.40. The normalized spacial score (nSPS) is 19.8. The molecule has 1 aliphatic heterocycles. The number of aliphatic hydroxyl groups is 1. The zero-order chi connectivity index (χ0) is 13.1. The third-order valence-electron chi connectivity index (χ3n) is 3.40. The molecular weight excluding hydrogens is 232 g/mol. The van der Waals surface area contributed by atoms with Gasteiger partial charge in [0.15, 0.2) is 0 Å². The summed E-state index contributed by atoms with van der Waals surface area (Å²) >= 11 is 0. The van der Waals surface area contributed by atoms with Crippen LogP contribution in [0.1, 0.15) is 23.2 Å². The number of carboxylic acid groups (broad SMARTS) is 1. The second-order valence-corrected chi connectivity index (χ2v) is 4.72. The maximum Gasteiger partial charge on any atom is 0.335 e. The van der Waals surface area contributed by atoms with Crippen molar-refractivity contribution in [2.75, 3.05) is 30.3 Å². The van der Waals surface area contributed by atoms with Crippen LogP contribution >= 0.6 is 0 Å². The fourth-order valence-electron chi connectivity index (χ4n) is 2.38. The van der Waals surface area contributed by atoms with Gasteiger partial charge in [-0.25, -0.2) is 4.79 Å². The quantitative estimate of drug-likeness (QED) is 0.701. The van der Waals surface area contributed by atoms with Crippen LogP contribution < -0.4 is 10.6 Å². The SMILES string of the molecule is Nc1ccc(C(=O)O)cc1N1CCCC(CO)C1. The number of nitrogen functional groups attached to an aromatic ring is 1. The van der Waals surface area contributed by atoms with Gasteiger partial charge in [-0.1, -0.05) is 0 Å². The molecule has 98 valence electrons. The zero-order valence-corrected chi connectivity index (χ0v) is 10.2. The van der Waals surface area contributed by atoms with Gasteiger partial charge in [0.1, 0.15) is 0 Å². The van der Waals surface area contributed by atoms with Crippen molar-refractivity contribution in [3.8, 4) is 0 Å². The van der Waals surface area contributed by atoms with Crippen LogP contribution in [0.3, 0.4) is 0 Å². The molecule has 0 radical (unpaired) electrons. The predicted octanol–water partition coefficient (Wildman–Crippen LogP) is 1.18. The van der Waals surface area contributed by atoms with E-state index in [1.807, 2.05) is 0 Å². The highest BCUT2D eigenvalue weighted by Gasteiger charge is 2.21. The van der Waals surface area contributed by atoms with Crippen LogP contribution in [0, 0.1) is 5.92 Å². The number of carboxylic acids is 1. The molecule has 5 nitrogen and oxygen atoms in total. The highest BCUT2D eigenvalue weighted by Crippen LogP contribution is 2.29. The molecule has 1 atom stereocenters. The number of aromatic carboxylic acids is 1. The fourth-order valence-corrected chi connectivity index (χ4v) is 2.38. The molecular formula is C13H18N2O3. The molecule has 0 saturated carbocycles. The molecule has 1 saturated heterocycles. The number of nitrogens with two attached hydrogens (primary N) is 1. The Bertz CT molecular complexity index is 448. The van der Waals surface area contributed by atoms with Crippen molar-refractivity contribution in [3.05, 3.63) is 23.8 Å². The average molecular weight is 250 g/mol. The second kappa shape index (κ2) is 5.27. The van der Waals surface area contributed by atoms with Gasteiger partial charge < -0.3 is 20.8 Å². The number of aliphatic hydroxyl groups excluding tert-OH is 1. The molecule has 1 aromatic rings. The Morgan fingerprint density at radius 3 is 2.94 bits per heavy atom. The lowest BCUT2D eigenvalue weighted by Crippen LogP contribution is -2.37. The molecule has 0 bridgehead atoms. The van der Waals surface area contributed by atoms with Gasteiger partial charge in [0.25, 0.3) is 0 Å². The van der Waals surface area contributed by atoms with E-state index in [0.717, 1.165) is 31.6 Å². The van der Waals surface area contributed by atoms with E-state index in [0.29, 0.717) is 5.69 Å². The Hall–Kier alpha value is -1.75. The van der Waals surface area contributed by atoms with Crippen molar-refractivity contribution in [1.82, 2.24) is 0 Å². The summed E-state index contributed by atoms with van der Waals surface area (Å²) in [5, 5.41) is 18.2. The van der Waals surface area contributed by atoms with Crippen molar-refractivity contribution in [1.29, 1.82) is 0 Å². The molecule has 0 amide bonds. The highest BCUT2D eigenvalue weighted by atomic mass is 16.4. The standard InChI is InChI=1S/C13H18N2O3/c14-11-4-3-10(13(17)18)6-12(11)15-5-1-2-9(7-15)8-16/h3-4,6,9,16H,1-2,5,7-8,14H2,(H,17,18). The van der Waals surface area contributed by atoms with E-state index in [1.54, 1.807) is 12.1 Å². The van der Waals surface area contributed by atoms with Gasteiger partial charge in [-0.2, -0.15) is 0 Å². The van der Waals surface area contributed by atoms with Gasteiger partial charge in [-0.3, -0.25) is 0 Å². The van der Waals surface area contributed by atoms with Crippen LogP contribution in [0.2, 0.25) is 0 Å². The predicted molar refractivity (Wildman–Crippen MR) is 69.8 cm³/mol. The Morgan fingerprint density at radius 1 is 1.50 bits per heavy atom. The molecule has 5 heteroatoms. The van der Waals surface area contributed by atoms with Crippen molar-refractivity contribution < 1.29 is 15.0 Å². The number of hydrogen-bond donors (Lipinski definition) is 3. The number of piperidine rings is 1. The van der Waals surface area contributed by atoms with Crippen LogP contribution in [0.4, 0.5) is 11.4 Å².